The Balaban J connectivity index is 3.02. The minimum Gasteiger partial charge on any atom is -0.465 e. The molecule has 0 aliphatic carbocycles. The molecule has 122 valence electrons. The minimum absolute atomic E-state index is 0.0522. The molecular weight excluding hydrogens is 302 g/mol. The van der Waals surface area contributed by atoms with Crippen LogP contribution in [-0.2, 0) is 15.8 Å². The number of ether oxygens (including phenoxy) is 1. The van der Waals surface area contributed by atoms with E-state index in [1.165, 1.54) is 19.2 Å². The van der Waals surface area contributed by atoms with Crippen LogP contribution in [0.1, 0.15) is 36.7 Å². The van der Waals surface area contributed by atoms with E-state index < -0.39 is 19.2 Å². The maximum absolute atomic E-state index is 11.5. The van der Waals surface area contributed by atoms with Crippen molar-refractivity contribution < 1.29 is 18.9 Å². The molecule has 0 bridgehead atoms. The third kappa shape index (κ3) is 4.14. The molecule has 0 N–H and O–H groups in total. The molecule has 0 aliphatic rings. The molecule has 22 heavy (non-hydrogen) atoms. The molecule has 0 heterocycles. The zero-order valence-corrected chi connectivity index (χ0v) is 14.9. The molecule has 0 atom stereocenters. The van der Waals surface area contributed by atoms with Crippen LogP contribution in [0.25, 0.3) is 0 Å². The molecule has 0 unspecified atom stereocenters. The van der Waals surface area contributed by atoms with Gasteiger partial charge in [0.15, 0.2) is 8.32 Å². The van der Waals surface area contributed by atoms with E-state index in [2.05, 4.69) is 38.6 Å². The van der Waals surface area contributed by atoms with E-state index in [1.54, 1.807) is 6.07 Å². The third-order valence-electron chi connectivity index (χ3n) is 4.07. The van der Waals surface area contributed by atoms with Gasteiger partial charge in [0.05, 0.1) is 18.6 Å². The van der Waals surface area contributed by atoms with Crippen LogP contribution in [0.3, 0.4) is 0 Å². The number of hydrogen-bond acceptors (Lipinski definition) is 5. The third-order valence-corrected chi connectivity index (χ3v) is 8.55. The normalized spacial score (nSPS) is 12.1. The van der Waals surface area contributed by atoms with E-state index in [0.29, 0.717) is 12.2 Å². The second-order valence-electron chi connectivity index (χ2n) is 6.65. The smallest absolute Gasteiger partial charge is 0.344 e. The summed E-state index contributed by atoms with van der Waals surface area (Å²) in [7, 11) is -0.741. The first kappa shape index (κ1) is 18.3. The minimum atomic E-state index is -1.94. The summed E-state index contributed by atoms with van der Waals surface area (Å²) in [5.74, 6) is -0.719. The van der Waals surface area contributed by atoms with Crippen molar-refractivity contribution in [3.8, 4) is 0 Å². The number of rotatable bonds is 5. The predicted molar refractivity (Wildman–Crippen MR) is 86.4 cm³/mol. The van der Waals surface area contributed by atoms with Crippen molar-refractivity contribution in [2.75, 3.05) is 7.11 Å². The Morgan fingerprint density at radius 3 is 2.36 bits per heavy atom. The Labute approximate surface area is 131 Å². The number of methoxy groups -OCH3 is 1. The summed E-state index contributed by atoms with van der Waals surface area (Å²) in [4.78, 5) is 22.1. The Hall–Kier alpha value is -1.73. The van der Waals surface area contributed by atoms with Crippen molar-refractivity contribution in [2.24, 2.45) is 0 Å². The van der Waals surface area contributed by atoms with Gasteiger partial charge in [-0.05, 0) is 29.8 Å². The van der Waals surface area contributed by atoms with Gasteiger partial charge >= 0.3 is 5.97 Å². The number of nitrogens with zero attached hydrogens (tertiary/aromatic N) is 1. The molecule has 0 saturated heterocycles. The lowest BCUT2D eigenvalue weighted by Gasteiger charge is -2.36. The summed E-state index contributed by atoms with van der Waals surface area (Å²) in [6.45, 7) is 10.9. The van der Waals surface area contributed by atoms with Gasteiger partial charge in [0.2, 0.25) is 0 Å². The maximum Gasteiger partial charge on any atom is 0.344 e. The highest BCUT2D eigenvalue weighted by atomic mass is 28.4. The molecule has 0 aliphatic heterocycles. The number of nitro groups is 1. The summed E-state index contributed by atoms with van der Waals surface area (Å²) >= 11 is 0. The SMILES string of the molecule is COC(=O)c1ccc(CO[Si](C)(C)C(C)(C)C)cc1[N+](=O)[O-]. The number of esters is 1. The Kier molecular flexibility index (Phi) is 5.48. The molecule has 0 amide bonds. The summed E-state index contributed by atoms with van der Waals surface area (Å²) in [6, 6.07) is 4.44. The van der Waals surface area contributed by atoms with Crippen molar-refractivity contribution in [1.82, 2.24) is 0 Å². The van der Waals surface area contributed by atoms with E-state index in [4.69, 9.17) is 4.43 Å². The first-order valence-electron chi connectivity index (χ1n) is 6.99. The van der Waals surface area contributed by atoms with Crippen molar-refractivity contribution in [3.63, 3.8) is 0 Å². The number of nitro benzene ring substituents is 1. The highest BCUT2D eigenvalue weighted by molar-refractivity contribution is 6.74. The lowest BCUT2D eigenvalue weighted by Crippen LogP contribution is -2.40. The van der Waals surface area contributed by atoms with Crippen LogP contribution < -0.4 is 0 Å². The molecule has 1 rings (SSSR count). The van der Waals surface area contributed by atoms with Crippen LogP contribution in [0.5, 0.6) is 0 Å². The molecule has 1 aromatic rings. The highest BCUT2D eigenvalue weighted by Crippen LogP contribution is 2.37. The van der Waals surface area contributed by atoms with Gasteiger partial charge in [0.1, 0.15) is 5.56 Å². The molecule has 1 aromatic carbocycles. The Morgan fingerprint density at radius 2 is 1.91 bits per heavy atom. The van der Waals surface area contributed by atoms with E-state index in [-0.39, 0.29) is 16.3 Å². The Bertz CT molecular complexity index is 578. The van der Waals surface area contributed by atoms with Crippen molar-refractivity contribution >= 4 is 20.0 Å². The first-order chi connectivity index (χ1) is 9.99. The molecular formula is C15H23NO5Si. The fourth-order valence-corrected chi connectivity index (χ4v) is 2.54. The van der Waals surface area contributed by atoms with Crippen molar-refractivity contribution in [3.05, 3.63) is 39.4 Å². The summed E-state index contributed by atoms with van der Waals surface area (Å²) in [6.07, 6.45) is 0. The Morgan fingerprint density at radius 1 is 1.32 bits per heavy atom. The lowest BCUT2D eigenvalue weighted by atomic mass is 10.1. The fourth-order valence-electron chi connectivity index (χ4n) is 1.58. The molecule has 0 saturated carbocycles. The average Bonchev–Trinajstić information content (AvgIpc) is 2.42. The number of carbonyl (C=O) groups excluding carboxylic acids is 1. The van der Waals surface area contributed by atoms with Crippen LogP contribution >= 0.6 is 0 Å². The van der Waals surface area contributed by atoms with Crippen LogP contribution in [0.2, 0.25) is 18.1 Å². The molecule has 0 spiro atoms. The van der Waals surface area contributed by atoms with Crippen LogP contribution in [0, 0.1) is 10.1 Å². The van der Waals surface area contributed by atoms with Crippen molar-refractivity contribution in [1.29, 1.82) is 0 Å². The van der Waals surface area contributed by atoms with Gasteiger partial charge in [0, 0.05) is 6.07 Å². The topological polar surface area (TPSA) is 78.7 Å². The molecule has 0 fully saturated rings. The first-order valence-corrected chi connectivity index (χ1v) is 9.90. The number of carbonyl (C=O) groups is 1. The number of benzene rings is 1. The summed E-state index contributed by atoms with van der Waals surface area (Å²) < 4.78 is 10.6. The van der Waals surface area contributed by atoms with Crippen LogP contribution in [0.15, 0.2) is 18.2 Å². The highest BCUT2D eigenvalue weighted by Gasteiger charge is 2.37. The molecule has 0 radical (unpaired) electrons. The summed E-state index contributed by atoms with van der Waals surface area (Å²) in [5, 5.41) is 11.2. The van der Waals surface area contributed by atoms with Gasteiger partial charge in [-0.25, -0.2) is 4.79 Å². The van der Waals surface area contributed by atoms with E-state index in [9.17, 15) is 14.9 Å². The van der Waals surface area contributed by atoms with Gasteiger partial charge in [-0.3, -0.25) is 10.1 Å². The maximum atomic E-state index is 11.5. The van der Waals surface area contributed by atoms with E-state index >= 15 is 0 Å². The van der Waals surface area contributed by atoms with Gasteiger partial charge < -0.3 is 9.16 Å². The quantitative estimate of drug-likeness (QED) is 0.355. The standard InChI is InChI=1S/C15H23NO5Si/c1-15(2,3)22(5,6)21-10-11-7-8-12(14(17)20-4)13(9-11)16(18)19/h7-9H,10H2,1-6H3. The van der Waals surface area contributed by atoms with Gasteiger partial charge in [-0.1, -0.05) is 26.8 Å². The second-order valence-corrected chi connectivity index (χ2v) is 11.5. The molecule has 7 heteroatoms. The second kappa shape index (κ2) is 6.58. The lowest BCUT2D eigenvalue weighted by molar-refractivity contribution is -0.385. The largest absolute Gasteiger partial charge is 0.465 e. The monoisotopic (exact) mass is 325 g/mol. The summed E-state index contributed by atoms with van der Waals surface area (Å²) in [5.41, 5.74) is 0.357. The fraction of sp³-hybridized carbons (Fsp3) is 0.533. The predicted octanol–water partition coefficient (Wildman–Crippen LogP) is 3.90. The van der Waals surface area contributed by atoms with E-state index in [1.807, 2.05) is 0 Å². The number of hydrogen-bond donors (Lipinski definition) is 0. The van der Waals surface area contributed by atoms with Crippen LogP contribution in [-0.4, -0.2) is 26.3 Å². The average molecular weight is 325 g/mol. The van der Waals surface area contributed by atoms with E-state index in [0.717, 1.165) is 0 Å². The molecule has 6 nitrogen and oxygen atoms in total. The molecule has 0 aromatic heterocycles. The van der Waals surface area contributed by atoms with Crippen LogP contribution in [0.4, 0.5) is 5.69 Å². The zero-order valence-electron chi connectivity index (χ0n) is 13.9. The van der Waals surface area contributed by atoms with Gasteiger partial charge in [0.25, 0.3) is 5.69 Å². The van der Waals surface area contributed by atoms with Crippen molar-refractivity contribution in [2.45, 2.75) is 45.5 Å². The zero-order chi connectivity index (χ0) is 17.1. The van der Waals surface area contributed by atoms with Gasteiger partial charge in [-0.2, -0.15) is 0 Å². The van der Waals surface area contributed by atoms with Gasteiger partial charge in [-0.15, -0.1) is 0 Å².